The SMILES string of the molecule is Cc1cc(NC(=O)CSc2nc3ccsc3c(=O)n2-c2cc(F)cc(F)c2)no1. The highest BCUT2D eigenvalue weighted by atomic mass is 32.2. The van der Waals surface area contributed by atoms with Crippen molar-refractivity contribution in [2.75, 3.05) is 11.1 Å². The normalized spacial score (nSPS) is 11.1. The largest absolute Gasteiger partial charge is 0.360 e. The van der Waals surface area contributed by atoms with E-state index in [9.17, 15) is 18.4 Å². The van der Waals surface area contributed by atoms with Crippen LogP contribution in [0.15, 0.2) is 50.2 Å². The van der Waals surface area contributed by atoms with Crippen molar-refractivity contribution in [3.05, 3.63) is 63.5 Å². The van der Waals surface area contributed by atoms with Gasteiger partial charge in [0.1, 0.15) is 22.1 Å². The summed E-state index contributed by atoms with van der Waals surface area (Å²) in [5, 5.41) is 8.07. The Hall–Kier alpha value is -3.05. The van der Waals surface area contributed by atoms with E-state index in [1.165, 1.54) is 11.3 Å². The molecule has 4 aromatic rings. The Balaban J connectivity index is 1.69. The van der Waals surface area contributed by atoms with Gasteiger partial charge in [-0.25, -0.2) is 13.8 Å². The van der Waals surface area contributed by atoms with Crippen LogP contribution in [0.3, 0.4) is 0 Å². The third kappa shape index (κ3) is 4.05. The number of aryl methyl sites for hydroxylation is 1. The number of aromatic nitrogens is 3. The highest BCUT2D eigenvalue weighted by Gasteiger charge is 2.17. The van der Waals surface area contributed by atoms with Crippen LogP contribution < -0.4 is 10.9 Å². The van der Waals surface area contributed by atoms with Crippen LogP contribution in [-0.4, -0.2) is 26.4 Å². The number of thiophene rings is 1. The summed E-state index contributed by atoms with van der Waals surface area (Å²) in [4.78, 5) is 29.5. The van der Waals surface area contributed by atoms with E-state index < -0.39 is 23.1 Å². The highest BCUT2D eigenvalue weighted by molar-refractivity contribution is 7.99. The third-order valence-electron chi connectivity index (χ3n) is 3.78. The van der Waals surface area contributed by atoms with E-state index in [0.29, 0.717) is 22.0 Å². The van der Waals surface area contributed by atoms with Crippen molar-refractivity contribution in [3.63, 3.8) is 0 Å². The highest BCUT2D eigenvalue weighted by Crippen LogP contribution is 2.24. The number of nitrogens with zero attached hydrogens (tertiary/aromatic N) is 3. The summed E-state index contributed by atoms with van der Waals surface area (Å²) in [6.45, 7) is 1.69. The van der Waals surface area contributed by atoms with E-state index in [1.807, 2.05) is 0 Å². The lowest BCUT2D eigenvalue weighted by atomic mass is 10.3. The van der Waals surface area contributed by atoms with Gasteiger partial charge in [-0.3, -0.25) is 14.2 Å². The number of anilines is 1. The predicted molar refractivity (Wildman–Crippen MR) is 106 cm³/mol. The lowest BCUT2D eigenvalue weighted by Gasteiger charge is -2.12. The summed E-state index contributed by atoms with van der Waals surface area (Å²) in [5.74, 6) is -1.36. The van der Waals surface area contributed by atoms with Crippen LogP contribution in [0, 0.1) is 18.6 Å². The fourth-order valence-electron chi connectivity index (χ4n) is 2.62. The topological polar surface area (TPSA) is 90.0 Å². The number of rotatable bonds is 5. The van der Waals surface area contributed by atoms with Crippen LogP contribution >= 0.6 is 23.1 Å². The molecule has 0 aliphatic heterocycles. The van der Waals surface area contributed by atoms with Crippen molar-refractivity contribution < 1.29 is 18.1 Å². The van der Waals surface area contributed by atoms with E-state index in [4.69, 9.17) is 4.52 Å². The first kappa shape index (κ1) is 19.3. The summed E-state index contributed by atoms with van der Waals surface area (Å²) >= 11 is 2.14. The Morgan fingerprint density at radius 1 is 1.28 bits per heavy atom. The van der Waals surface area contributed by atoms with E-state index in [1.54, 1.807) is 24.4 Å². The fourth-order valence-corrected chi connectivity index (χ4v) is 4.19. The standard InChI is InChI=1S/C18H12F2N4O3S2/c1-9-4-14(23-27-9)22-15(25)8-29-18-21-13-2-3-28-16(13)17(26)24(18)12-6-10(19)5-11(20)7-12/h2-7H,8H2,1H3,(H,22,23,25). The number of halogens is 2. The second-order valence-electron chi connectivity index (χ2n) is 5.96. The Labute approximate surface area is 170 Å². The summed E-state index contributed by atoms with van der Waals surface area (Å²) in [6.07, 6.45) is 0. The second kappa shape index (κ2) is 7.76. The number of hydrogen-bond donors (Lipinski definition) is 1. The van der Waals surface area contributed by atoms with Crippen molar-refractivity contribution >= 4 is 45.0 Å². The van der Waals surface area contributed by atoms with E-state index in [-0.39, 0.29) is 22.4 Å². The molecule has 0 atom stereocenters. The molecule has 29 heavy (non-hydrogen) atoms. The van der Waals surface area contributed by atoms with Gasteiger partial charge in [-0.1, -0.05) is 16.9 Å². The van der Waals surface area contributed by atoms with Crippen LogP contribution in [0.4, 0.5) is 14.6 Å². The second-order valence-corrected chi connectivity index (χ2v) is 7.82. The average molecular weight is 434 g/mol. The number of carbonyl (C=O) groups is 1. The Kier molecular flexibility index (Phi) is 5.16. The van der Waals surface area contributed by atoms with Gasteiger partial charge in [-0.05, 0) is 30.5 Å². The summed E-state index contributed by atoms with van der Waals surface area (Å²) in [5.41, 5.74) is -0.0291. The van der Waals surface area contributed by atoms with Gasteiger partial charge in [0.2, 0.25) is 5.91 Å². The first-order chi connectivity index (χ1) is 13.9. The number of benzene rings is 1. The molecule has 0 saturated heterocycles. The molecule has 0 bridgehead atoms. The van der Waals surface area contributed by atoms with Gasteiger partial charge in [0.15, 0.2) is 11.0 Å². The molecule has 0 spiro atoms. The van der Waals surface area contributed by atoms with Crippen LogP contribution in [0.25, 0.3) is 15.9 Å². The van der Waals surface area contributed by atoms with Crippen LogP contribution in [-0.2, 0) is 4.79 Å². The molecule has 0 saturated carbocycles. The minimum Gasteiger partial charge on any atom is -0.360 e. The van der Waals surface area contributed by atoms with Crippen LogP contribution in [0.2, 0.25) is 0 Å². The van der Waals surface area contributed by atoms with Crippen molar-refractivity contribution in [1.82, 2.24) is 14.7 Å². The van der Waals surface area contributed by atoms with Crippen molar-refractivity contribution in [3.8, 4) is 5.69 Å². The number of carbonyl (C=O) groups excluding carboxylic acids is 1. The Bertz CT molecular complexity index is 1260. The zero-order valence-corrected chi connectivity index (χ0v) is 16.4. The summed E-state index contributed by atoms with van der Waals surface area (Å²) in [6, 6.07) is 6.01. The predicted octanol–water partition coefficient (Wildman–Crippen LogP) is 3.75. The molecule has 1 amide bonds. The van der Waals surface area contributed by atoms with Gasteiger partial charge in [0.25, 0.3) is 5.56 Å². The van der Waals surface area contributed by atoms with Gasteiger partial charge in [-0.15, -0.1) is 11.3 Å². The molecule has 0 radical (unpaired) electrons. The lowest BCUT2D eigenvalue weighted by Crippen LogP contribution is -2.22. The molecule has 1 N–H and O–H groups in total. The van der Waals surface area contributed by atoms with Crippen molar-refractivity contribution in [2.24, 2.45) is 0 Å². The number of nitrogens with one attached hydrogen (secondary N) is 1. The number of hydrogen-bond acceptors (Lipinski definition) is 7. The zero-order chi connectivity index (χ0) is 20.5. The summed E-state index contributed by atoms with van der Waals surface area (Å²) in [7, 11) is 0. The molecule has 3 heterocycles. The van der Waals surface area contributed by atoms with Crippen LogP contribution in [0.1, 0.15) is 5.76 Å². The zero-order valence-electron chi connectivity index (χ0n) is 14.8. The number of amides is 1. The molecular formula is C18H12F2N4O3S2. The van der Waals surface area contributed by atoms with Gasteiger partial charge >= 0.3 is 0 Å². The first-order valence-electron chi connectivity index (χ1n) is 8.23. The molecule has 3 aromatic heterocycles. The fraction of sp³-hybridized carbons (Fsp3) is 0.111. The number of thioether (sulfide) groups is 1. The molecule has 0 fully saturated rings. The first-order valence-corrected chi connectivity index (χ1v) is 10.1. The molecule has 0 unspecified atom stereocenters. The van der Waals surface area contributed by atoms with E-state index >= 15 is 0 Å². The molecule has 4 rings (SSSR count). The van der Waals surface area contributed by atoms with E-state index in [0.717, 1.165) is 28.5 Å². The molecule has 7 nitrogen and oxygen atoms in total. The summed E-state index contributed by atoms with van der Waals surface area (Å²) < 4.78 is 33.8. The van der Waals surface area contributed by atoms with Gasteiger partial charge in [0.05, 0.1) is 17.0 Å². The molecule has 11 heteroatoms. The van der Waals surface area contributed by atoms with Gasteiger partial charge in [0, 0.05) is 12.1 Å². The quantitative estimate of drug-likeness (QED) is 0.380. The molecule has 148 valence electrons. The van der Waals surface area contributed by atoms with Crippen molar-refractivity contribution in [1.29, 1.82) is 0 Å². The minimum absolute atomic E-state index is 0.00895. The monoisotopic (exact) mass is 434 g/mol. The van der Waals surface area contributed by atoms with E-state index in [2.05, 4.69) is 15.5 Å². The van der Waals surface area contributed by atoms with Crippen molar-refractivity contribution in [2.45, 2.75) is 12.1 Å². The average Bonchev–Trinajstić information content (AvgIpc) is 3.28. The molecule has 0 aliphatic carbocycles. The minimum atomic E-state index is -0.826. The van der Waals surface area contributed by atoms with Gasteiger partial charge < -0.3 is 9.84 Å². The van der Waals surface area contributed by atoms with Crippen LogP contribution in [0.5, 0.6) is 0 Å². The molecule has 0 aliphatic rings. The van der Waals surface area contributed by atoms with Gasteiger partial charge in [-0.2, -0.15) is 0 Å². The molecular weight excluding hydrogens is 422 g/mol. The molecule has 1 aromatic carbocycles. The maximum Gasteiger partial charge on any atom is 0.276 e. The maximum atomic E-state index is 13.7. The Morgan fingerprint density at radius 2 is 2.03 bits per heavy atom. The third-order valence-corrected chi connectivity index (χ3v) is 5.61. The maximum absolute atomic E-state index is 13.7. The lowest BCUT2D eigenvalue weighted by molar-refractivity contribution is -0.113. The number of fused-ring (bicyclic) bond motifs is 1. The Morgan fingerprint density at radius 3 is 2.72 bits per heavy atom. The smallest absolute Gasteiger partial charge is 0.276 e.